The molecule has 0 amide bonds. The number of alkyl halides is 3. The van der Waals surface area contributed by atoms with Crippen LogP contribution in [0.5, 0.6) is 11.5 Å². The van der Waals surface area contributed by atoms with E-state index in [0.717, 1.165) is 0 Å². The molecular formula is C11H9F3O4. The van der Waals surface area contributed by atoms with Gasteiger partial charge < -0.3 is 14.6 Å². The third kappa shape index (κ3) is 2.49. The van der Waals surface area contributed by atoms with Gasteiger partial charge >= 0.3 is 12.1 Å². The molecule has 18 heavy (non-hydrogen) atoms. The first-order valence-electron chi connectivity index (χ1n) is 5.06. The largest absolute Gasteiger partial charge is 0.481 e. The average molecular weight is 262 g/mol. The highest BCUT2D eigenvalue weighted by Crippen LogP contribution is 2.41. The van der Waals surface area contributed by atoms with Crippen LogP contribution >= 0.6 is 0 Å². The van der Waals surface area contributed by atoms with Crippen LogP contribution in [0.15, 0.2) is 18.2 Å². The first kappa shape index (κ1) is 12.5. The number of benzene rings is 1. The van der Waals surface area contributed by atoms with Gasteiger partial charge in [-0.2, -0.15) is 13.2 Å². The Bertz CT molecular complexity index is 470. The van der Waals surface area contributed by atoms with E-state index in [1.807, 2.05) is 0 Å². The number of hydrogen-bond acceptors (Lipinski definition) is 3. The molecule has 0 aromatic heterocycles. The second kappa shape index (κ2) is 4.40. The molecule has 1 aliphatic rings. The number of halogens is 3. The van der Waals surface area contributed by atoms with Gasteiger partial charge in [0.2, 0.25) is 6.79 Å². The molecule has 1 aromatic carbocycles. The van der Waals surface area contributed by atoms with Crippen molar-refractivity contribution >= 4 is 5.97 Å². The van der Waals surface area contributed by atoms with Crippen LogP contribution in [0.3, 0.4) is 0 Å². The number of carbonyl (C=O) groups is 1. The topological polar surface area (TPSA) is 55.8 Å². The predicted molar refractivity (Wildman–Crippen MR) is 53.6 cm³/mol. The highest BCUT2D eigenvalue weighted by Gasteiger charge is 2.42. The summed E-state index contributed by atoms with van der Waals surface area (Å²) in [5.74, 6) is -3.00. The second-order valence-corrected chi connectivity index (χ2v) is 3.80. The number of carboxylic acids is 1. The third-order valence-electron chi connectivity index (χ3n) is 2.57. The van der Waals surface area contributed by atoms with E-state index in [0.29, 0.717) is 5.75 Å². The monoisotopic (exact) mass is 262 g/mol. The number of rotatable bonds is 3. The molecule has 0 aliphatic carbocycles. The molecular weight excluding hydrogens is 253 g/mol. The van der Waals surface area contributed by atoms with Crippen LogP contribution in [0.2, 0.25) is 0 Å². The SMILES string of the molecule is O=C(O)CC(c1ccc2c(c1)OCO2)C(F)(F)F. The maximum absolute atomic E-state index is 12.8. The summed E-state index contributed by atoms with van der Waals surface area (Å²) in [5.41, 5.74) is -0.144. The molecule has 1 aromatic rings. The van der Waals surface area contributed by atoms with Gasteiger partial charge in [-0.15, -0.1) is 0 Å². The molecule has 1 heterocycles. The third-order valence-corrected chi connectivity index (χ3v) is 2.57. The molecule has 0 radical (unpaired) electrons. The molecule has 98 valence electrons. The van der Waals surface area contributed by atoms with Crippen LogP contribution in [-0.4, -0.2) is 24.0 Å². The van der Waals surface area contributed by atoms with Gasteiger partial charge in [-0.3, -0.25) is 4.79 Å². The number of ether oxygens (including phenoxy) is 2. The standard InChI is InChI=1S/C11H9F3O4/c12-11(13,14)7(4-10(15)16)6-1-2-8-9(3-6)18-5-17-8/h1-3,7H,4-5H2,(H,15,16). The van der Waals surface area contributed by atoms with Crippen LogP contribution in [0.1, 0.15) is 17.9 Å². The average Bonchev–Trinajstić information content (AvgIpc) is 2.70. The van der Waals surface area contributed by atoms with E-state index in [-0.39, 0.29) is 18.1 Å². The summed E-state index contributed by atoms with van der Waals surface area (Å²) in [5, 5.41) is 8.55. The molecule has 0 fully saturated rings. The van der Waals surface area contributed by atoms with Crippen molar-refractivity contribution < 1.29 is 32.5 Å². The number of aliphatic carboxylic acids is 1. The molecule has 4 nitrogen and oxygen atoms in total. The maximum atomic E-state index is 12.8. The van der Waals surface area contributed by atoms with E-state index >= 15 is 0 Å². The van der Waals surface area contributed by atoms with E-state index in [1.165, 1.54) is 18.2 Å². The fraction of sp³-hybridized carbons (Fsp3) is 0.364. The van der Waals surface area contributed by atoms with Crippen LogP contribution in [-0.2, 0) is 4.79 Å². The van der Waals surface area contributed by atoms with Gasteiger partial charge in [0.15, 0.2) is 11.5 Å². The molecule has 0 saturated heterocycles. The van der Waals surface area contributed by atoms with Crippen molar-refractivity contribution in [2.45, 2.75) is 18.5 Å². The smallest absolute Gasteiger partial charge is 0.396 e. The Morgan fingerprint density at radius 1 is 1.33 bits per heavy atom. The minimum atomic E-state index is -4.62. The number of carboxylic acid groups (broad SMARTS) is 1. The Balaban J connectivity index is 2.33. The van der Waals surface area contributed by atoms with Gasteiger partial charge in [0.25, 0.3) is 0 Å². The van der Waals surface area contributed by atoms with Crippen molar-refractivity contribution in [2.24, 2.45) is 0 Å². The minimum absolute atomic E-state index is 0.0472. The van der Waals surface area contributed by atoms with Crippen LogP contribution in [0.4, 0.5) is 13.2 Å². The van der Waals surface area contributed by atoms with E-state index in [4.69, 9.17) is 14.6 Å². The van der Waals surface area contributed by atoms with E-state index in [2.05, 4.69) is 0 Å². The van der Waals surface area contributed by atoms with Gasteiger partial charge in [-0.05, 0) is 17.7 Å². The van der Waals surface area contributed by atoms with Crippen molar-refractivity contribution in [1.82, 2.24) is 0 Å². The van der Waals surface area contributed by atoms with Gasteiger partial charge in [-0.1, -0.05) is 6.07 Å². The molecule has 1 N–H and O–H groups in total. The fourth-order valence-electron chi connectivity index (χ4n) is 1.73. The summed E-state index contributed by atoms with van der Waals surface area (Å²) < 4.78 is 48.3. The molecule has 0 bridgehead atoms. The second-order valence-electron chi connectivity index (χ2n) is 3.80. The summed E-state index contributed by atoms with van der Waals surface area (Å²) in [6.45, 7) is -0.0472. The first-order chi connectivity index (χ1) is 8.38. The summed E-state index contributed by atoms with van der Waals surface area (Å²) >= 11 is 0. The van der Waals surface area contributed by atoms with E-state index in [1.54, 1.807) is 0 Å². The van der Waals surface area contributed by atoms with Crippen molar-refractivity contribution in [3.8, 4) is 11.5 Å². The number of fused-ring (bicyclic) bond motifs is 1. The van der Waals surface area contributed by atoms with Gasteiger partial charge in [0, 0.05) is 0 Å². The van der Waals surface area contributed by atoms with Crippen molar-refractivity contribution in [2.75, 3.05) is 6.79 Å². The van der Waals surface area contributed by atoms with Gasteiger partial charge in [0.05, 0.1) is 12.3 Å². The summed E-state index contributed by atoms with van der Waals surface area (Å²) in [6, 6.07) is 3.72. The normalized spacial score (nSPS) is 15.5. The zero-order valence-electron chi connectivity index (χ0n) is 9.03. The van der Waals surface area contributed by atoms with E-state index in [9.17, 15) is 18.0 Å². The van der Waals surface area contributed by atoms with Gasteiger partial charge in [0.1, 0.15) is 0 Å². The lowest BCUT2D eigenvalue weighted by Gasteiger charge is -2.19. The van der Waals surface area contributed by atoms with Gasteiger partial charge in [-0.25, -0.2) is 0 Å². The molecule has 1 atom stereocenters. The zero-order chi connectivity index (χ0) is 13.3. The summed E-state index contributed by atoms with van der Waals surface area (Å²) in [4.78, 5) is 10.5. The highest BCUT2D eigenvalue weighted by molar-refractivity contribution is 5.68. The van der Waals surface area contributed by atoms with Crippen LogP contribution in [0, 0.1) is 0 Å². The Kier molecular flexibility index (Phi) is 3.06. The lowest BCUT2D eigenvalue weighted by atomic mass is 9.95. The lowest BCUT2D eigenvalue weighted by Crippen LogP contribution is -2.23. The van der Waals surface area contributed by atoms with Crippen molar-refractivity contribution in [3.05, 3.63) is 23.8 Å². The van der Waals surface area contributed by atoms with Crippen LogP contribution < -0.4 is 9.47 Å². The fourth-order valence-corrected chi connectivity index (χ4v) is 1.73. The molecule has 0 saturated carbocycles. The first-order valence-corrected chi connectivity index (χ1v) is 5.06. The lowest BCUT2D eigenvalue weighted by molar-refractivity contribution is -0.163. The molecule has 1 unspecified atom stereocenters. The minimum Gasteiger partial charge on any atom is -0.481 e. The molecule has 7 heteroatoms. The molecule has 1 aliphatic heterocycles. The molecule has 2 rings (SSSR count). The summed E-state index contributed by atoms with van der Waals surface area (Å²) in [6.07, 6.45) is -5.63. The number of hydrogen-bond donors (Lipinski definition) is 1. The highest BCUT2D eigenvalue weighted by atomic mass is 19.4. The Morgan fingerprint density at radius 2 is 2.00 bits per heavy atom. The Morgan fingerprint density at radius 3 is 2.61 bits per heavy atom. The van der Waals surface area contributed by atoms with Crippen molar-refractivity contribution in [3.63, 3.8) is 0 Å². The van der Waals surface area contributed by atoms with E-state index < -0.39 is 24.5 Å². The van der Waals surface area contributed by atoms with Crippen molar-refractivity contribution in [1.29, 1.82) is 0 Å². The predicted octanol–water partition coefficient (Wildman–Crippen LogP) is 2.54. The quantitative estimate of drug-likeness (QED) is 0.909. The molecule has 0 spiro atoms. The summed E-state index contributed by atoms with van der Waals surface area (Å²) in [7, 11) is 0. The zero-order valence-corrected chi connectivity index (χ0v) is 9.03. The van der Waals surface area contributed by atoms with Crippen LogP contribution in [0.25, 0.3) is 0 Å². The Labute approximate surface area is 99.9 Å². The Hall–Kier alpha value is -1.92. The maximum Gasteiger partial charge on any atom is 0.396 e.